The molecule has 2 aliphatic rings. The van der Waals surface area contributed by atoms with Crippen molar-refractivity contribution < 1.29 is 0 Å². The van der Waals surface area contributed by atoms with Gasteiger partial charge in [-0.05, 0) is 67.7 Å². The van der Waals surface area contributed by atoms with E-state index in [1.807, 2.05) is 11.3 Å². The molecule has 118 valence electrons. The van der Waals surface area contributed by atoms with Gasteiger partial charge in [-0.15, -0.1) is 11.3 Å². The normalized spacial score (nSPS) is 30.9. The van der Waals surface area contributed by atoms with E-state index in [-0.39, 0.29) is 6.04 Å². The molecule has 0 saturated carbocycles. The van der Waals surface area contributed by atoms with Crippen LogP contribution in [-0.4, -0.2) is 48.6 Å². The van der Waals surface area contributed by atoms with Gasteiger partial charge in [-0.3, -0.25) is 4.90 Å². The van der Waals surface area contributed by atoms with E-state index in [1.165, 1.54) is 48.2 Å². The molecule has 0 amide bonds. The zero-order chi connectivity index (χ0) is 15.0. The summed E-state index contributed by atoms with van der Waals surface area (Å²) in [6.45, 7) is 5.80. The van der Waals surface area contributed by atoms with Crippen LogP contribution in [0.2, 0.25) is 0 Å². The third kappa shape index (κ3) is 3.37. The Bertz CT molecular complexity index is 476. The fourth-order valence-corrected chi connectivity index (χ4v) is 5.88. The van der Waals surface area contributed by atoms with Crippen LogP contribution in [0.5, 0.6) is 0 Å². The molecule has 4 atom stereocenters. The molecule has 2 fully saturated rings. The molecule has 4 unspecified atom stereocenters. The van der Waals surface area contributed by atoms with E-state index in [4.69, 9.17) is 5.73 Å². The predicted molar refractivity (Wildman–Crippen MR) is 93.7 cm³/mol. The maximum atomic E-state index is 6.34. The molecule has 2 saturated heterocycles. The largest absolute Gasteiger partial charge is 0.326 e. The van der Waals surface area contributed by atoms with Crippen LogP contribution < -0.4 is 5.73 Å². The van der Waals surface area contributed by atoms with E-state index in [0.29, 0.717) is 6.04 Å². The highest BCUT2D eigenvalue weighted by Gasteiger charge is 2.37. The summed E-state index contributed by atoms with van der Waals surface area (Å²) in [6.07, 6.45) is 4.02. The average molecular weight is 372 g/mol. The number of hydrogen-bond donors (Lipinski definition) is 1. The van der Waals surface area contributed by atoms with Gasteiger partial charge in [0.25, 0.3) is 0 Å². The van der Waals surface area contributed by atoms with Crippen molar-refractivity contribution in [1.29, 1.82) is 0 Å². The van der Waals surface area contributed by atoms with Crippen LogP contribution in [0.15, 0.2) is 15.9 Å². The summed E-state index contributed by atoms with van der Waals surface area (Å²) in [6, 6.07) is 3.58. The lowest BCUT2D eigenvalue weighted by Gasteiger charge is -2.48. The Morgan fingerprint density at radius 2 is 2.19 bits per heavy atom. The standard InChI is InChI=1S/C16H26BrN3S/c1-11(18)16(15-8-13(17)10-21-15)20-7-5-14-12(9-20)4-3-6-19(14)2/h8,10-12,14,16H,3-7,9,18H2,1-2H3. The van der Waals surface area contributed by atoms with Gasteiger partial charge in [0.1, 0.15) is 0 Å². The number of rotatable bonds is 3. The first-order valence-electron chi connectivity index (χ1n) is 8.00. The lowest BCUT2D eigenvalue weighted by molar-refractivity contribution is 0.0161. The Kier molecular flexibility index (Phi) is 5.06. The third-order valence-electron chi connectivity index (χ3n) is 5.15. The fraction of sp³-hybridized carbons (Fsp3) is 0.750. The number of fused-ring (bicyclic) bond motifs is 1. The second kappa shape index (κ2) is 6.67. The SMILES string of the molecule is CC(N)C(c1cc(Br)cs1)N1CCC2C(CCCN2C)C1. The number of likely N-dealkylation sites (tertiary alicyclic amines) is 2. The minimum Gasteiger partial charge on any atom is -0.326 e. The Hall–Kier alpha value is 0.0600. The zero-order valence-electron chi connectivity index (χ0n) is 13.0. The highest BCUT2D eigenvalue weighted by molar-refractivity contribution is 9.10. The van der Waals surface area contributed by atoms with Crippen molar-refractivity contribution in [3.8, 4) is 0 Å². The fourth-order valence-electron chi connectivity index (χ4n) is 4.19. The quantitative estimate of drug-likeness (QED) is 0.884. The molecule has 0 bridgehead atoms. The van der Waals surface area contributed by atoms with Gasteiger partial charge in [0, 0.05) is 39.9 Å². The molecule has 3 rings (SSSR count). The average Bonchev–Trinajstić information content (AvgIpc) is 2.85. The maximum Gasteiger partial charge on any atom is 0.0591 e. The first-order chi connectivity index (χ1) is 10.1. The number of halogens is 1. The van der Waals surface area contributed by atoms with Gasteiger partial charge in [-0.1, -0.05) is 0 Å². The third-order valence-corrected chi connectivity index (χ3v) is 6.91. The molecule has 0 radical (unpaired) electrons. The van der Waals surface area contributed by atoms with Crippen LogP contribution in [-0.2, 0) is 0 Å². The topological polar surface area (TPSA) is 32.5 Å². The van der Waals surface area contributed by atoms with Crippen LogP contribution in [0.1, 0.15) is 37.1 Å². The Labute approximate surface area is 140 Å². The number of hydrogen-bond acceptors (Lipinski definition) is 4. The Balaban J connectivity index is 1.75. The molecule has 1 aromatic heterocycles. The van der Waals surface area contributed by atoms with E-state index in [0.717, 1.165) is 12.0 Å². The van der Waals surface area contributed by atoms with Crippen LogP contribution in [0.4, 0.5) is 0 Å². The summed E-state index contributed by atoms with van der Waals surface area (Å²) in [5.74, 6) is 0.821. The van der Waals surface area contributed by atoms with E-state index >= 15 is 0 Å². The van der Waals surface area contributed by atoms with E-state index in [9.17, 15) is 0 Å². The van der Waals surface area contributed by atoms with Crippen molar-refractivity contribution >= 4 is 27.3 Å². The smallest absolute Gasteiger partial charge is 0.0591 e. The Morgan fingerprint density at radius 3 is 2.86 bits per heavy atom. The van der Waals surface area contributed by atoms with Crippen molar-refractivity contribution in [2.45, 2.75) is 44.3 Å². The first-order valence-corrected chi connectivity index (χ1v) is 9.67. The molecule has 5 heteroatoms. The minimum absolute atomic E-state index is 0.174. The maximum absolute atomic E-state index is 6.34. The summed E-state index contributed by atoms with van der Waals surface area (Å²) in [4.78, 5) is 6.62. The van der Waals surface area contributed by atoms with Crippen LogP contribution in [0.3, 0.4) is 0 Å². The van der Waals surface area contributed by atoms with Gasteiger partial charge in [-0.2, -0.15) is 0 Å². The van der Waals surface area contributed by atoms with Crippen molar-refractivity contribution in [2.24, 2.45) is 11.7 Å². The van der Waals surface area contributed by atoms with Crippen molar-refractivity contribution in [3.63, 3.8) is 0 Å². The second-order valence-electron chi connectivity index (χ2n) is 6.71. The number of thiophene rings is 1. The highest BCUT2D eigenvalue weighted by atomic mass is 79.9. The van der Waals surface area contributed by atoms with Crippen molar-refractivity contribution in [3.05, 3.63) is 20.8 Å². The molecular weight excluding hydrogens is 346 g/mol. The summed E-state index contributed by atoms with van der Waals surface area (Å²) >= 11 is 5.41. The number of nitrogens with zero attached hydrogens (tertiary/aromatic N) is 2. The van der Waals surface area contributed by atoms with Crippen LogP contribution in [0.25, 0.3) is 0 Å². The Morgan fingerprint density at radius 1 is 1.38 bits per heavy atom. The number of nitrogens with two attached hydrogens (primary N) is 1. The van der Waals surface area contributed by atoms with Crippen molar-refractivity contribution in [2.75, 3.05) is 26.7 Å². The second-order valence-corrected chi connectivity index (χ2v) is 8.56. The summed E-state index contributed by atoms with van der Waals surface area (Å²) < 4.78 is 1.18. The molecule has 0 aromatic carbocycles. The molecule has 0 spiro atoms. The molecule has 21 heavy (non-hydrogen) atoms. The van der Waals surface area contributed by atoms with Crippen molar-refractivity contribution in [1.82, 2.24) is 9.80 Å². The molecular formula is C16H26BrN3S. The van der Waals surface area contributed by atoms with Crippen LogP contribution >= 0.6 is 27.3 Å². The van der Waals surface area contributed by atoms with Gasteiger partial charge < -0.3 is 10.6 Å². The van der Waals surface area contributed by atoms with Crippen LogP contribution in [0, 0.1) is 5.92 Å². The van der Waals surface area contributed by atoms with E-state index < -0.39 is 0 Å². The lowest BCUT2D eigenvalue weighted by Crippen LogP contribution is -2.54. The van der Waals surface area contributed by atoms with Gasteiger partial charge in [0.2, 0.25) is 0 Å². The number of piperidine rings is 2. The molecule has 1 aromatic rings. The summed E-state index contributed by atoms with van der Waals surface area (Å²) in [7, 11) is 2.30. The van der Waals surface area contributed by atoms with Gasteiger partial charge in [-0.25, -0.2) is 0 Å². The predicted octanol–water partition coefficient (Wildman–Crippen LogP) is 3.32. The van der Waals surface area contributed by atoms with E-state index in [2.05, 4.69) is 51.1 Å². The van der Waals surface area contributed by atoms with Gasteiger partial charge in [0.15, 0.2) is 0 Å². The first kappa shape index (κ1) is 15.9. The summed E-state index contributed by atoms with van der Waals surface area (Å²) in [5, 5.41) is 2.17. The van der Waals surface area contributed by atoms with E-state index in [1.54, 1.807) is 0 Å². The van der Waals surface area contributed by atoms with Gasteiger partial charge >= 0.3 is 0 Å². The zero-order valence-corrected chi connectivity index (χ0v) is 15.4. The highest BCUT2D eigenvalue weighted by Crippen LogP contribution is 2.37. The minimum atomic E-state index is 0.174. The summed E-state index contributed by atoms with van der Waals surface area (Å²) in [5.41, 5.74) is 6.34. The molecule has 3 heterocycles. The monoisotopic (exact) mass is 371 g/mol. The molecule has 0 aliphatic carbocycles. The lowest BCUT2D eigenvalue weighted by atomic mass is 9.83. The molecule has 3 nitrogen and oxygen atoms in total. The van der Waals surface area contributed by atoms with Gasteiger partial charge in [0.05, 0.1) is 6.04 Å². The molecule has 2 N–H and O–H groups in total. The molecule has 2 aliphatic heterocycles.